The summed E-state index contributed by atoms with van der Waals surface area (Å²) in [6.45, 7) is 4.03. The van der Waals surface area contributed by atoms with Crippen molar-refractivity contribution >= 4 is 12.6 Å². The van der Waals surface area contributed by atoms with Gasteiger partial charge in [0.1, 0.15) is 0 Å². The fourth-order valence-electron chi connectivity index (χ4n) is 2.28. The van der Waals surface area contributed by atoms with Gasteiger partial charge in [-0.3, -0.25) is 4.98 Å². The summed E-state index contributed by atoms with van der Waals surface area (Å²) in [7, 11) is -1.40. The third-order valence-electron chi connectivity index (χ3n) is 3.30. The lowest BCUT2D eigenvalue weighted by Crippen LogP contribution is -2.33. The first-order valence-electron chi connectivity index (χ1n) is 6.28. The summed E-state index contributed by atoms with van der Waals surface area (Å²) in [5, 5.41) is 21.9. The van der Waals surface area contributed by atoms with Gasteiger partial charge in [-0.2, -0.15) is 0 Å². The van der Waals surface area contributed by atoms with E-state index in [9.17, 15) is 10.0 Å². The highest BCUT2D eigenvalue weighted by atomic mass is 16.4. The lowest BCUT2D eigenvalue weighted by atomic mass is 9.78. The molecule has 0 aromatic carbocycles. The third-order valence-corrected chi connectivity index (χ3v) is 3.30. The number of aromatic nitrogens is 1. The molecule has 0 bridgehead atoms. The molecule has 4 nitrogen and oxygen atoms in total. The Morgan fingerprint density at radius 2 is 2.29 bits per heavy atom. The number of nitrogens with one attached hydrogen (secondary N) is 1. The molecule has 0 aliphatic carbocycles. The van der Waals surface area contributed by atoms with E-state index in [1.165, 1.54) is 0 Å². The molecule has 1 aliphatic rings. The first kappa shape index (κ1) is 12.5. The summed E-state index contributed by atoms with van der Waals surface area (Å²) in [4.78, 5) is 4.60. The minimum Gasteiger partial charge on any atom is -0.423 e. The van der Waals surface area contributed by atoms with Crippen LogP contribution in [0.25, 0.3) is 0 Å². The SMILES string of the molecule is CCc1cc(B(O)O)cc(C2CCCNC2)n1. The summed E-state index contributed by atoms with van der Waals surface area (Å²) >= 11 is 0. The maximum atomic E-state index is 9.28. The topological polar surface area (TPSA) is 65.4 Å². The Morgan fingerprint density at radius 1 is 1.47 bits per heavy atom. The molecule has 0 spiro atoms. The van der Waals surface area contributed by atoms with Crippen LogP contribution in [-0.4, -0.2) is 35.2 Å². The Balaban J connectivity index is 2.28. The zero-order valence-corrected chi connectivity index (χ0v) is 10.2. The molecule has 1 atom stereocenters. The maximum Gasteiger partial charge on any atom is 0.488 e. The summed E-state index contributed by atoms with van der Waals surface area (Å²) in [6.07, 6.45) is 3.08. The highest BCUT2D eigenvalue weighted by molar-refractivity contribution is 6.58. The van der Waals surface area contributed by atoms with Crippen LogP contribution in [0.1, 0.15) is 37.1 Å². The van der Waals surface area contributed by atoms with Crippen molar-refractivity contribution < 1.29 is 10.0 Å². The third kappa shape index (κ3) is 3.06. The second-order valence-electron chi connectivity index (χ2n) is 4.59. The van der Waals surface area contributed by atoms with E-state index in [4.69, 9.17) is 0 Å². The average molecular weight is 234 g/mol. The van der Waals surface area contributed by atoms with Crippen LogP contribution in [0.5, 0.6) is 0 Å². The highest BCUT2D eigenvalue weighted by Gasteiger charge is 2.20. The molecule has 2 heterocycles. The molecule has 1 aromatic rings. The molecule has 0 radical (unpaired) electrons. The number of nitrogens with zero attached hydrogens (tertiary/aromatic N) is 1. The van der Waals surface area contributed by atoms with Crippen molar-refractivity contribution in [2.75, 3.05) is 13.1 Å². The summed E-state index contributed by atoms with van der Waals surface area (Å²) in [5.41, 5.74) is 2.47. The molecule has 3 N–H and O–H groups in total. The predicted molar refractivity (Wildman–Crippen MR) is 68.3 cm³/mol. The van der Waals surface area contributed by atoms with Crippen LogP contribution in [0.15, 0.2) is 12.1 Å². The number of pyridine rings is 1. The minimum atomic E-state index is -1.40. The van der Waals surface area contributed by atoms with Crippen LogP contribution in [-0.2, 0) is 6.42 Å². The molecule has 1 unspecified atom stereocenters. The van der Waals surface area contributed by atoms with E-state index in [-0.39, 0.29) is 0 Å². The van der Waals surface area contributed by atoms with Crippen LogP contribution in [0, 0.1) is 0 Å². The van der Waals surface area contributed by atoms with Crippen molar-refractivity contribution in [3.63, 3.8) is 0 Å². The van der Waals surface area contributed by atoms with E-state index in [2.05, 4.69) is 10.3 Å². The first-order chi connectivity index (χ1) is 8.20. The average Bonchev–Trinajstić information content (AvgIpc) is 2.39. The van der Waals surface area contributed by atoms with Gasteiger partial charge in [0, 0.05) is 23.9 Å². The molecule has 0 amide bonds. The molecule has 1 aliphatic heterocycles. The van der Waals surface area contributed by atoms with Crippen molar-refractivity contribution in [2.45, 2.75) is 32.1 Å². The molecule has 1 saturated heterocycles. The van der Waals surface area contributed by atoms with Crippen LogP contribution in [0.3, 0.4) is 0 Å². The largest absolute Gasteiger partial charge is 0.488 e. The van der Waals surface area contributed by atoms with Gasteiger partial charge in [-0.15, -0.1) is 0 Å². The van der Waals surface area contributed by atoms with Crippen molar-refractivity contribution in [1.82, 2.24) is 10.3 Å². The Morgan fingerprint density at radius 3 is 2.88 bits per heavy atom. The van der Waals surface area contributed by atoms with Crippen LogP contribution >= 0.6 is 0 Å². The van der Waals surface area contributed by atoms with E-state index in [1.807, 2.05) is 13.0 Å². The van der Waals surface area contributed by atoms with Crippen molar-refractivity contribution in [3.05, 3.63) is 23.5 Å². The molecule has 0 saturated carbocycles. The van der Waals surface area contributed by atoms with Crippen LogP contribution < -0.4 is 10.8 Å². The van der Waals surface area contributed by atoms with Gasteiger partial charge in [0.15, 0.2) is 0 Å². The zero-order chi connectivity index (χ0) is 12.3. The molecule has 2 rings (SSSR count). The summed E-state index contributed by atoms with van der Waals surface area (Å²) in [6, 6.07) is 3.59. The Bertz CT molecular complexity index is 379. The van der Waals surface area contributed by atoms with Crippen molar-refractivity contribution in [2.24, 2.45) is 0 Å². The molecule has 17 heavy (non-hydrogen) atoms. The van der Waals surface area contributed by atoms with Gasteiger partial charge < -0.3 is 15.4 Å². The van der Waals surface area contributed by atoms with Crippen molar-refractivity contribution in [3.8, 4) is 0 Å². The van der Waals surface area contributed by atoms with Gasteiger partial charge in [0.05, 0.1) is 0 Å². The number of hydrogen-bond donors (Lipinski definition) is 3. The second-order valence-corrected chi connectivity index (χ2v) is 4.59. The smallest absolute Gasteiger partial charge is 0.423 e. The van der Waals surface area contributed by atoms with E-state index >= 15 is 0 Å². The molecule has 1 fully saturated rings. The van der Waals surface area contributed by atoms with Gasteiger partial charge in [-0.05, 0) is 43.4 Å². The van der Waals surface area contributed by atoms with Gasteiger partial charge >= 0.3 is 7.12 Å². The maximum absolute atomic E-state index is 9.28. The molecule has 1 aromatic heterocycles. The monoisotopic (exact) mass is 234 g/mol. The number of aryl methyl sites for hydroxylation is 1. The second kappa shape index (κ2) is 5.62. The molecular weight excluding hydrogens is 215 g/mol. The van der Waals surface area contributed by atoms with E-state index in [0.29, 0.717) is 11.4 Å². The van der Waals surface area contributed by atoms with Crippen LogP contribution in [0.4, 0.5) is 0 Å². The van der Waals surface area contributed by atoms with Gasteiger partial charge in [-0.1, -0.05) is 6.92 Å². The van der Waals surface area contributed by atoms with E-state index < -0.39 is 7.12 Å². The van der Waals surface area contributed by atoms with Gasteiger partial charge in [0.2, 0.25) is 0 Å². The van der Waals surface area contributed by atoms with Crippen LogP contribution in [0.2, 0.25) is 0 Å². The number of hydrogen-bond acceptors (Lipinski definition) is 4. The summed E-state index contributed by atoms with van der Waals surface area (Å²) < 4.78 is 0. The fourth-order valence-corrected chi connectivity index (χ4v) is 2.28. The summed E-state index contributed by atoms with van der Waals surface area (Å²) in [5.74, 6) is 0.396. The zero-order valence-electron chi connectivity index (χ0n) is 10.2. The van der Waals surface area contributed by atoms with Gasteiger partial charge in [0.25, 0.3) is 0 Å². The minimum absolute atomic E-state index is 0.396. The highest BCUT2D eigenvalue weighted by Crippen LogP contribution is 2.21. The Kier molecular flexibility index (Phi) is 4.15. The Labute approximate surface area is 102 Å². The molecule has 92 valence electrons. The molecular formula is C12H19BN2O2. The predicted octanol–water partition coefficient (Wildman–Crippen LogP) is -0.209. The lowest BCUT2D eigenvalue weighted by molar-refractivity contribution is 0.425. The normalized spacial score (nSPS) is 20.3. The van der Waals surface area contributed by atoms with E-state index in [0.717, 1.165) is 43.7 Å². The number of rotatable bonds is 3. The Hall–Kier alpha value is -0.905. The fraction of sp³-hybridized carbons (Fsp3) is 0.583. The van der Waals surface area contributed by atoms with Gasteiger partial charge in [-0.25, -0.2) is 0 Å². The number of piperidine rings is 1. The lowest BCUT2D eigenvalue weighted by Gasteiger charge is -2.23. The molecule has 5 heteroatoms. The standard InChI is InChI=1S/C12H19BN2O2/c1-2-11-6-10(13(16)17)7-12(15-11)9-4-3-5-14-8-9/h6-7,9,14,16-17H,2-5,8H2,1H3. The van der Waals surface area contributed by atoms with E-state index in [1.54, 1.807) is 6.07 Å². The quantitative estimate of drug-likeness (QED) is 0.633. The first-order valence-corrected chi connectivity index (χ1v) is 6.28. The van der Waals surface area contributed by atoms with Crippen molar-refractivity contribution in [1.29, 1.82) is 0 Å².